The van der Waals surface area contributed by atoms with Gasteiger partial charge in [0, 0.05) is 16.8 Å². The molecular formula is C66H39N. The minimum atomic E-state index is 1.14. The number of benzene rings is 13. The van der Waals surface area contributed by atoms with Crippen molar-refractivity contribution in [2.24, 2.45) is 0 Å². The molecule has 13 aromatic rings. The maximum atomic E-state index is 2.50. The van der Waals surface area contributed by atoms with Crippen molar-refractivity contribution in [3.05, 3.63) is 237 Å². The molecule has 0 radical (unpaired) electrons. The lowest BCUT2D eigenvalue weighted by molar-refractivity contribution is 1.30. The minimum Gasteiger partial charge on any atom is -0.310 e. The molecule has 1 nitrogen and oxygen atoms in total. The minimum absolute atomic E-state index is 1.14. The van der Waals surface area contributed by atoms with Crippen LogP contribution in [-0.2, 0) is 0 Å². The molecule has 13 aromatic carbocycles. The van der Waals surface area contributed by atoms with Crippen molar-refractivity contribution in [2.75, 3.05) is 4.90 Å². The zero-order valence-electron chi connectivity index (χ0n) is 36.5. The zero-order valence-corrected chi connectivity index (χ0v) is 36.5. The van der Waals surface area contributed by atoms with Gasteiger partial charge in [-0.05, 0) is 175 Å². The van der Waals surface area contributed by atoms with Crippen LogP contribution in [0.5, 0.6) is 0 Å². The highest BCUT2D eigenvalue weighted by Gasteiger charge is 2.32. The van der Waals surface area contributed by atoms with Crippen LogP contribution in [0.2, 0.25) is 0 Å². The van der Waals surface area contributed by atoms with E-state index in [-0.39, 0.29) is 0 Å². The predicted octanol–water partition coefficient (Wildman–Crippen LogP) is 18.7. The molecule has 15 rings (SSSR count). The van der Waals surface area contributed by atoms with Gasteiger partial charge in [-0.1, -0.05) is 188 Å². The highest BCUT2D eigenvalue weighted by molar-refractivity contribution is 6.35. The molecule has 308 valence electrons. The highest BCUT2D eigenvalue weighted by atomic mass is 15.1. The maximum Gasteiger partial charge on any atom is 0.0540 e. The third-order valence-corrected chi connectivity index (χ3v) is 14.8. The van der Waals surface area contributed by atoms with E-state index in [1.165, 1.54) is 137 Å². The summed E-state index contributed by atoms with van der Waals surface area (Å²) < 4.78 is 0. The summed E-state index contributed by atoms with van der Waals surface area (Å²) in [6.45, 7) is 0. The lowest BCUT2D eigenvalue weighted by Crippen LogP contribution is -2.10. The Labute approximate surface area is 388 Å². The van der Waals surface area contributed by atoms with Crippen LogP contribution in [0, 0.1) is 0 Å². The molecule has 0 fully saturated rings. The van der Waals surface area contributed by atoms with Crippen LogP contribution in [0.3, 0.4) is 0 Å². The van der Waals surface area contributed by atoms with Gasteiger partial charge in [0.1, 0.15) is 0 Å². The van der Waals surface area contributed by atoms with E-state index >= 15 is 0 Å². The Hall–Kier alpha value is -8.78. The van der Waals surface area contributed by atoms with Gasteiger partial charge in [0.2, 0.25) is 0 Å². The lowest BCUT2D eigenvalue weighted by atomic mass is 9.80. The molecule has 0 unspecified atom stereocenters. The summed E-state index contributed by atoms with van der Waals surface area (Å²) in [5, 5.41) is 15.4. The second-order valence-corrected chi connectivity index (χ2v) is 18.2. The van der Waals surface area contributed by atoms with Gasteiger partial charge < -0.3 is 4.90 Å². The molecule has 0 saturated heterocycles. The van der Waals surface area contributed by atoms with Gasteiger partial charge in [-0.15, -0.1) is 0 Å². The van der Waals surface area contributed by atoms with Crippen LogP contribution in [0.15, 0.2) is 237 Å². The summed E-state index contributed by atoms with van der Waals surface area (Å²) in [7, 11) is 0. The fourth-order valence-electron chi connectivity index (χ4n) is 12.1. The molecule has 0 aromatic heterocycles. The van der Waals surface area contributed by atoms with Crippen molar-refractivity contribution < 1.29 is 0 Å². The van der Waals surface area contributed by atoms with Gasteiger partial charge in [0.05, 0.1) is 5.69 Å². The van der Waals surface area contributed by atoms with Crippen molar-refractivity contribution in [2.45, 2.75) is 0 Å². The summed E-state index contributed by atoms with van der Waals surface area (Å²) in [6.07, 6.45) is 0. The molecule has 67 heavy (non-hydrogen) atoms. The Morgan fingerprint density at radius 3 is 1.48 bits per heavy atom. The molecular weight excluding hydrogens is 807 g/mol. The summed E-state index contributed by atoms with van der Waals surface area (Å²) in [4.78, 5) is 2.40. The molecule has 2 aliphatic rings. The topological polar surface area (TPSA) is 3.24 Å². The second-order valence-electron chi connectivity index (χ2n) is 18.2. The summed E-state index contributed by atoms with van der Waals surface area (Å²) in [5.41, 5.74) is 19.0. The predicted molar refractivity (Wildman–Crippen MR) is 286 cm³/mol. The molecule has 0 bridgehead atoms. The Morgan fingerprint density at radius 2 is 0.731 bits per heavy atom. The summed E-state index contributed by atoms with van der Waals surface area (Å²) in [6, 6.07) is 88.2. The van der Waals surface area contributed by atoms with E-state index in [0.717, 1.165) is 11.4 Å². The first-order chi connectivity index (χ1) is 33.3. The smallest absolute Gasteiger partial charge is 0.0540 e. The van der Waals surface area contributed by atoms with Gasteiger partial charge in [0.25, 0.3) is 0 Å². The molecule has 0 N–H and O–H groups in total. The van der Waals surface area contributed by atoms with E-state index < -0.39 is 0 Å². The fraction of sp³-hybridized carbons (Fsp3) is 0. The quantitative estimate of drug-likeness (QED) is 0.156. The van der Waals surface area contributed by atoms with Crippen LogP contribution in [0.25, 0.3) is 131 Å². The number of anilines is 3. The number of fused-ring (bicyclic) bond motifs is 13. The molecule has 0 atom stereocenters. The molecule has 0 saturated carbocycles. The Balaban J connectivity index is 1.03. The van der Waals surface area contributed by atoms with Gasteiger partial charge in [-0.3, -0.25) is 0 Å². The van der Waals surface area contributed by atoms with Crippen molar-refractivity contribution in [1.82, 2.24) is 0 Å². The Morgan fingerprint density at radius 1 is 0.224 bits per heavy atom. The van der Waals surface area contributed by atoms with E-state index in [4.69, 9.17) is 0 Å². The third-order valence-electron chi connectivity index (χ3n) is 14.8. The third kappa shape index (κ3) is 5.09. The van der Waals surface area contributed by atoms with Crippen LogP contribution >= 0.6 is 0 Å². The van der Waals surface area contributed by atoms with Crippen LogP contribution in [0.1, 0.15) is 0 Å². The Kier molecular flexibility index (Phi) is 7.56. The standard InChI is InChI=1S/C66H39N/c1-5-17-40(18-6-1)60-54-34-33-47-50(64(54)61(41-19-7-2-8-20-41)65-53-30-16-27-48-46-26-14-13-21-42(46)38-58(63(48)53)66(60)65)32-31-43-37-56-51-35-36-59(52-29-15-28-49(62(51)52)57(56)39-55(43)47)67(44-22-9-3-10-23-44)45-24-11-4-12-25-45/h1-39H. The number of hydrogen-bond acceptors (Lipinski definition) is 1. The Bertz CT molecular complexity index is 4190. The van der Waals surface area contributed by atoms with Gasteiger partial charge in [0.15, 0.2) is 0 Å². The second kappa shape index (κ2) is 13.9. The number of nitrogens with zero attached hydrogens (tertiary/aromatic N) is 1. The van der Waals surface area contributed by atoms with E-state index in [0.29, 0.717) is 0 Å². The van der Waals surface area contributed by atoms with E-state index in [1.807, 2.05) is 0 Å². The maximum absolute atomic E-state index is 2.50. The molecule has 1 heteroatoms. The summed E-state index contributed by atoms with van der Waals surface area (Å²) >= 11 is 0. The fourth-order valence-corrected chi connectivity index (χ4v) is 12.1. The van der Waals surface area contributed by atoms with Crippen molar-refractivity contribution in [1.29, 1.82) is 0 Å². The summed E-state index contributed by atoms with van der Waals surface area (Å²) in [5.74, 6) is 0. The molecule has 0 amide bonds. The first-order valence-corrected chi connectivity index (χ1v) is 23.3. The van der Waals surface area contributed by atoms with Crippen LogP contribution in [-0.4, -0.2) is 0 Å². The number of hydrogen-bond donors (Lipinski definition) is 0. The SMILES string of the molecule is c1ccc(-c2c3c(c(-c4ccccc4)c4c2ccc2c5cc6c(cc5ccc24)-c2ccc(N(c4ccccc4)c4ccccc4)c4cccc-6c24)-c2cccc4c2c-3cc2ccccc24)cc1. The zero-order chi connectivity index (χ0) is 43.7. The van der Waals surface area contributed by atoms with E-state index in [2.05, 4.69) is 241 Å². The monoisotopic (exact) mass is 845 g/mol. The highest BCUT2D eigenvalue weighted by Crippen LogP contribution is 2.60. The van der Waals surface area contributed by atoms with Crippen LogP contribution < -0.4 is 4.90 Å². The first kappa shape index (κ1) is 36.5. The van der Waals surface area contributed by atoms with Crippen LogP contribution in [0.4, 0.5) is 17.1 Å². The number of para-hydroxylation sites is 2. The largest absolute Gasteiger partial charge is 0.310 e. The molecule has 2 aliphatic carbocycles. The average molecular weight is 846 g/mol. The number of rotatable bonds is 5. The first-order valence-electron chi connectivity index (χ1n) is 23.3. The molecule has 0 aliphatic heterocycles. The van der Waals surface area contributed by atoms with E-state index in [1.54, 1.807) is 0 Å². The lowest BCUT2D eigenvalue weighted by Gasteiger charge is -2.27. The van der Waals surface area contributed by atoms with Gasteiger partial charge in [-0.25, -0.2) is 0 Å². The average Bonchev–Trinajstić information content (AvgIpc) is 3.89. The van der Waals surface area contributed by atoms with Gasteiger partial charge >= 0.3 is 0 Å². The van der Waals surface area contributed by atoms with Crippen molar-refractivity contribution >= 4 is 81.7 Å². The molecule has 0 heterocycles. The molecule has 0 spiro atoms. The van der Waals surface area contributed by atoms with E-state index in [9.17, 15) is 0 Å². The normalized spacial score (nSPS) is 12.2. The van der Waals surface area contributed by atoms with Crippen molar-refractivity contribution in [3.63, 3.8) is 0 Å². The van der Waals surface area contributed by atoms with Gasteiger partial charge in [-0.2, -0.15) is 0 Å². The van der Waals surface area contributed by atoms with Crippen molar-refractivity contribution in [3.8, 4) is 66.8 Å².